The van der Waals surface area contributed by atoms with Crippen molar-refractivity contribution >= 4 is 0 Å². The highest BCUT2D eigenvalue weighted by molar-refractivity contribution is 4.84. The van der Waals surface area contributed by atoms with Crippen molar-refractivity contribution in [1.82, 2.24) is 9.80 Å². The predicted molar refractivity (Wildman–Crippen MR) is 65.2 cm³/mol. The summed E-state index contributed by atoms with van der Waals surface area (Å²) in [4.78, 5) is 5.29. The van der Waals surface area contributed by atoms with Crippen LogP contribution >= 0.6 is 0 Å². The first-order chi connectivity index (χ1) is 7.31. The van der Waals surface area contributed by atoms with Gasteiger partial charge in [-0.1, -0.05) is 19.8 Å². The molecule has 2 heteroatoms. The molecule has 2 fully saturated rings. The summed E-state index contributed by atoms with van der Waals surface area (Å²) in [5, 5.41) is 0. The minimum atomic E-state index is 0.838. The van der Waals surface area contributed by atoms with E-state index in [0.29, 0.717) is 0 Å². The lowest BCUT2D eigenvalue weighted by atomic mass is 10.1. The van der Waals surface area contributed by atoms with E-state index in [1.165, 1.54) is 58.2 Å². The van der Waals surface area contributed by atoms with Crippen LogP contribution in [0.3, 0.4) is 0 Å². The van der Waals surface area contributed by atoms with Crippen LogP contribution in [0.5, 0.6) is 0 Å². The number of likely N-dealkylation sites (tertiary alicyclic amines) is 1. The fourth-order valence-electron chi connectivity index (χ4n) is 3.29. The third-order valence-corrected chi connectivity index (χ3v) is 4.36. The zero-order valence-electron chi connectivity index (χ0n) is 10.4. The highest BCUT2D eigenvalue weighted by Crippen LogP contribution is 2.25. The van der Waals surface area contributed by atoms with Crippen LogP contribution in [-0.4, -0.2) is 48.6 Å². The van der Waals surface area contributed by atoms with E-state index < -0.39 is 0 Å². The molecule has 1 heterocycles. The number of hydrogen-bond donors (Lipinski definition) is 0. The van der Waals surface area contributed by atoms with Crippen LogP contribution in [-0.2, 0) is 0 Å². The minimum Gasteiger partial charge on any atom is -0.302 e. The van der Waals surface area contributed by atoms with Crippen LogP contribution in [0.15, 0.2) is 0 Å². The molecular weight excluding hydrogens is 184 g/mol. The summed E-state index contributed by atoms with van der Waals surface area (Å²) in [5.41, 5.74) is 0. The highest BCUT2D eigenvalue weighted by Gasteiger charge is 2.27. The van der Waals surface area contributed by atoms with Gasteiger partial charge in [0.25, 0.3) is 0 Å². The summed E-state index contributed by atoms with van der Waals surface area (Å²) in [6.07, 6.45) is 8.64. The fraction of sp³-hybridized carbons (Fsp3) is 1.00. The summed E-state index contributed by atoms with van der Waals surface area (Å²) in [6.45, 7) is 6.20. The molecule has 0 spiro atoms. The Hall–Kier alpha value is -0.0800. The smallest absolute Gasteiger partial charge is 0.0220 e. The van der Waals surface area contributed by atoms with Crippen molar-refractivity contribution in [1.29, 1.82) is 0 Å². The molecule has 1 aliphatic carbocycles. The van der Waals surface area contributed by atoms with E-state index in [0.717, 1.165) is 12.1 Å². The maximum atomic E-state index is 2.74. The van der Waals surface area contributed by atoms with Gasteiger partial charge >= 0.3 is 0 Å². The SMILES string of the molecule is CCN(CC1CCCN1C)C1CCCC1. The largest absolute Gasteiger partial charge is 0.302 e. The van der Waals surface area contributed by atoms with Crippen molar-refractivity contribution < 1.29 is 0 Å². The highest BCUT2D eigenvalue weighted by atomic mass is 15.2. The summed E-state index contributed by atoms with van der Waals surface area (Å²) in [7, 11) is 2.29. The molecule has 2 rings (SSSR count). The Balaban J connectivity index is 1.84. The van der Waals surface area contributed by atoms with Crippen molar-refractivity contribution in [2.75, 3.05) is 26.7 Å². The Labute approximate surface area is 94.6 Å². The molecule has 1 aliphatic heterocycles. The van der Waals surface area contributed by atoms with Crippen LogP contribution in [0.4, 0.5) is 0 Å². The van der Waals surface area contributed by atoms with Crippen LogP contribution in [0.2, 0.25) is 0 Å². The molecule has 1 atom stereocenters. The van der Waals surface area contributed by atoms with Crippen molar-refractivity contribution in [3.05, 3.63) is 0 Å². The van der Waals surface area contributed by atoms with Gasteiger partial charge in [0.2, 0.25) is 0 Å². The van der Waals surface area contributed by atoms with Crippen molar-refractivity contribution in [3.63, 3.8) is 0 Å². The van der Waals surface area contributed by atoms with Gasteiger partial charge in [-0.2, -0.15) is 0 Å². The molecule has 15 heavy (non-hydrogen) atoms. The van der Waals surface area contributed by atoms with E-state index in [9.17, 15) is 0 Å². The number of rotatable bonds is 4. The normalized spacial score (nSPS) is 29.4. The first-order valence-corrected chi connectivity index (χ1v) is 6.75. The van der Waals surface area contributed by atoms with E-state index in [2.05, 4.69) is 23.8 Å². The molecule has 2 aliphatic rings. The molecule has 0 radical (unpaired) electrons. The maximum Gasteiger partial charge on any atom is 0.0220 e. The van der Waals surface area contributed by atoms with Crippen LogP contribution in [0.25, 0.3) is 0 Å². The lowest BCUT2D eigenvalue weighted by Crippen LogP contribution is -2.42. The van der Waals surface area contributed by atoms with Crippen molar-refractivity contribution in [3.8, 4) is 0 Å². The molecule has 0 N–H and O–H groups in total. The maximum absolute atomic E-state index is 2.74. The van der Waals surface area contributed by atoms with E-state index in [4.69, 9.17) is 0 Å². The van der Waals surface area contributed by atoms with E-state index in [1.54, 1.807) is 0 Å². The number of nitrogens with zero attached hydrogens (tertiary/aromatic N) is 2. The van der Waals surface area contributed by atoms with E-state index in [1.807, 2.05) is 0 Å². The average Bonchev–Trinajstić information content (AvgIpc) is 2.86. The predicted octanol–water partition coefficient (Wildman–Crippen LogP) is 2.35. The topological polar surface area (TPSA) is 6.48 Å². The first kappa shape index (κ1) is 11.4. The van der Waals surface area contributed by atoms with Gasteiger partial charge in [0.1, 0.15) is 0 Å². The van der Waals surface area contributed by atoms with Gasteiger partial charge in [0.05, 0.1) is 0 Å². The molecular formula is C13H26N2. The Kier molecular flexibility index (Phi) is 4.04. The van der Waals surface area contributed by atoms with Gasteiger partial charge in [-0.05, 0) is 45.8 Å². The molecule has 0 amide bonds. The lowest BCUT2D eigenvalue weighted by Gasteiger charge is -2.32. The van der Waals surface area contributed by atoms with Gasteiger partial charge in [-0.15, -0.1) is 0 Å². The van der Waals surface area contributed by atoms with Gasteiger partial charge in [0, 0.05) is 18.6 Å². The molecule has 1 saturated carbocycles. The van der Waals surface area contributed by atoms with Gasteiger partial charge in [0.15, 0.2) is 0 Å². The Bertz CT molecular complexity index is 187. The zero-order chi connectivity index (χ0) is 10.7. The second-order valence-corrected chi connectivity index (χ2v) is 5.30. The zero-order valence-corrected chi connectivity index (χ0v) is 10.4. The summed E-state index contributed by atoms with van der Waals surface area (Å²) >= 11 is 0. The number of likely N-dealkylation sites (N-methyl/N-ethyl adjacent to an activating group) is 2. The third-order valence-electron chi connectivity index (χ3n) is 4.36. The minimum absolute atomic E-state index is 0.838. The monoisotopic (exact) mass is 210 g/mol. The third kappa shape index (κ3) is 2.73. The molecule has 0 aromatic rings. The van der Waals surface area contributed by atoms with E-state index >= 15 is 0 Å². The van der Waals surface area contributed by atoms with Gasteiger partial charge < -0.3 is 4.90 Å². The summed E-state index contributed by atoms with van der Waals surface area (Å²) in [5.74, 6) is 0. The molecule has 1 unspecified atom stereocenters. The van der Waals surface area contributed by atoms with Crippen LogP contribution in [0.1, 0.15) is 45.4 Å². The molecule has 2 nitrogen and oxygen atoms in total. The molecule has 0 aromatic carbocycles. The quantitative estimate of drug-likeness (QED) is 0.703. The second-order valence-electron chi connectivity index (χ2n) is 5.30. The second kappa shape index (κ2) is 5.31. The van der Waals surface area contributed by atoms with Crippen molar-refractivity contribution in [2.24, 2.45) is 0 Å². The molecule has 0 bridgehead atoms. The van der Waals surface area contributed by atoms with Crippen LogP contribution < -0.4 is 0 Å². The summed E-state index contributed by atoms with van der Waals surface area (Å²) in [6, 6.07) is 1.74. The van der Waals surface area contributed by atoms with E-state index in [-0.39, 0.29) is 0 Å². The number of hydrogen-bond acceptors (Lipinski definition) is 2. The Morgan fingerprint density at radius 1 is 1.13 bits per heavy atom. The molecule has 0 aromatic heterocycles. The fourth-order valence-corrected chi connectivity index (χ4v) is 3.29. The first-order valence-electron chi connectivity index (χ1n) is 6.75. The molecule has 88 valence electrons. The average molecular weight is 210 g/mol. The van der Waals surface area contributed by atoms with Gasteiger partial charge in [-0.3, -0.25) is 4.90 Å². The Morgan fingerprint density at radius 3 is 2.40 bits per heavy atom. The van der Waals surface area contributed by atoms with Crippen LogP contribution in [0, 0.1) is 0 Å². The van der Waals surface area contributed by atoms with Crippen molar-refractivity contribution in [2.45, 2.75) is 57.5 Å². The summed E-state index contributed by atoms with van der Waals surface area (Å²) < 4.78 is 0. The lowest BCUT2D eigenvalue weighted by molar-refractivity contribution is 0.154. The van der Waals surface area contributed by atoms with Gasteiger partial charge in [-0.25, -0.2) is 0 Å². The Morgan fingerprint density at radius 2 is 1.87 bits per heavy atom. The standard InChI is InChI=1S/C13H26N2/c1-3-15(12-7-4-5-8-12)11-13-9-6-10-14(13)2/h12-13H,3-11H2,1-2H3. The molecule has 1 saturated heterocycles.